The molecule has 0 fully saturated rings. The number of anilines is 2. The number of rotatable bonds is 8. The van der Waals surface area contributed by atoms with Gasteiger partial charge in [-0.3, -0.25) is 14.5 Å². The van der Waals surface area contributed by atoms with E-state index in [4.69, 9.17) is 4.74 Å². The zero-order chi connectivity index (χ0) is 19.8. The number of hydrogen-bond donors (Lipinski definition) is 2. The molecule has 27 heavy (non-hydrogen) atoms. The number of methoxy groups -OCH3 is 1. The number of nitrogens with one attached hydrogen (secondary N) is 2. The molecule has 2 aromatic rings. The van der Waals surface area contributed by atoms with Crippen LogP contribution in [0.4, 0.5) is 11.4 Å². The summed E-state index contributed by atoms with van der Waals surface area (Å²) in [6.07, 6.45) is 1.96. The lowest BCUT2D eigenvalue weighted by molar-refractivity contribution is -0.122. The van der Waals surface area contributed by atoms with Gasteiger partial charge in [-0.15, -0.1) is 11.8 Å². The van der Waals surface area contributed by atoms with Gasteiger partial charge in [0.05, 0.1) is 25.4 Å². The number of ether oxygens (including phenoxy) is 1. The van der Waals surface area contributed by atoms with E-state index < -0.39 is 6.04 Å². The van der Waals surface area contributed by atoms with E-state index in [1.54, 1.807) is 55.9 Å². The first kappa shape index (κ1) is 20.8. The second-order valence-electron chi connectivity index (χ2n) is 6.06. The average molecular weight is 388 g/mol. The molecule has 0 radical (unpaired) electrons. The summed E-state index contributed by atoms with van der Waals surface area (Å²) >= 11 is 1.57. The minimum Gasteiger partial charge on any atom is -0.497 e. The molecular weight excluding hydrogens is 362 g/mol. The van der Waals surface area contributed by atoms with Crippen LogP contribution in [0.5, 0.6) is 5.75 Å². The summed E-state index contributed by atoms with van der Waals surface area (Å²) in [5, 5.41) is 5.74. The number of benzene rings is 2. The molecule has 0 unspecified atom stereocenters. The Kier molecular flexibility index (Phi) is 7.69. The quantitative estimate of drug-likeness (QED) is 0.680. The van der Waals surface area contributed by atoms with E-state index in [0.717, 1.165) is 10.6 Å². The Morgan fingerprint density at radius 1 is 1.15 bits per heavy atom. The Hall–Kier alpha value is -2.51. The Balaban J connectivity index is 1.92. The van der Waals surface area contributed by atoms with Gasteiger partial charge in [0, 0.05) is 16.6 Å². The first-order valence-electron chi connectivity index (χ1n) is 8.52. The van der Waals surface area contributed by atoms with Crippen LogP contribution in [0.25, 0.3) is 0 Å². The van der Waals surface area contributed by atoms with Gasteiger partial charge in [0.25, 0.3) is 0 Å². The predicted molar refractivity (Wildman–Crippen MR) is 111 cm³/mol. The Morgan fingerprint density at radius 3 is 2.59 bits per heavy atom. The molecular formula is C20H25N3O3S. The molecule has 0 aromatic heterocycles. The fourth-order valence-electron chi connectivity index (χ4n) is 2.45. The van der Waals surface area contributed by atoms with Crippen molar-refractivity contribution in [2.24, 2.45) is 0 Å². The van der Waals surface area contributed by atoms with Crippen molar-refractivity contribution < 1.29 is 14.3 Å². The van der Waals surface area contributed by atoms with Crippen LogP contribution in [0, 0.1) is 0 Å². The van der Waals surface area contributed by atoms with Crippen LogP contribution in [0.3, 0.4) is 0 Å². The molecule has 144 valence electrons. The first-order chi connectivity index (χ1) is 12.9. The monoisotopic (exact) mass is 387 g/mol. The lowest BCUT2D eigenvalue weighted by Gasteiger charge is -2.23. The molecule has 2 N–H and O–H groups in total. The molecule has 0 aliphatic carbocycles. The van der Waals surface area contributed by atoms with Crippen molar-refractivity contribution in [1.29, 1.82) is 0 Å². The highest BCUT2D eigenvalue weighted by Crippen LogP contribution is 2.24. The third kappa shape index (κ3) is 6.01. The maximum absolute atomic E-state index is 12.5. The van der Waals surface area contributed by atoms with Gasteiger partial charge in [-0.2, -0.15) is 0 Å². The third-order valence-electron chi connectivity index (χ3n) is 4.15. The molecule has 6 nitrogen and oxygen atoms in total. The van der Waals surface area contributed by atoms with E-state index in [1.807, 2.05) is 36.6 Å². The van der Waals surface area contributed by atoms with Crippen molar-refractivity contribution in [2.45, 2.75) is 17.9 Å². The molecule has 0 aliphatic rings. The Morgan fingerprint density at radius 2 is 1.89 bits per heavy atom. The minimum atomic E-state index is -0.474. The SMILES string of the molecule is COc1cccc(NC(=O)[C@@H](C)N(C)CC(=O)Nc2ccccc2SC)c1. The van der Waals surface area contributed by atoms with Gasteiger partial charge in [0.1, 0.15) is 5.75 Å². The first-order valence-corrected chi connectivity index (χ1v) is 9.75. The molecule has 2 amide bonds. The predicted octanol–water partition coefficient (Wildman–Crippen LogP) is 3.31. The third-order valence-corrected chi connectivity index (χ3v) is 4.95. The summed E-state index contributed by atoms with van der Waals surface area (Å²) in [5.74, 6) is 0.309. The molecule has 1 atom stereocenters. The van der Waals surface area contributed by atoms with Crippen molar-refractivity contribution in [1.82, 2.24) is 4.90 Å². The highest BCUT2D eigenvalue weighted by atomic mass is 32.2. The number of hydrogen-bond acceptors (Lipinski definition) is 5. The largest absolute Gasteiger partial charge is 0.497 e. The number of likely N-dealkylation sites (N-methyl/N-ethyl adjacent to an activating group) is 1. The van der Waals surface area contributed by atoms with Crippen molar-refractivity contribution in [3.8, 4) is 5.75 Å². The number of nitrogens with zero attached hydrogens (tertiary/aromatic N) is 1. The van der Waals surface area contributed by atoms with E-state index in [2.05, 4.69) is 10.6 Å². The molecule has 0 heterocycles. The highest BCUT2D eigenvalue weighted by Gasteiger charge is 2.20. The number of para-hydroxylation sites is 1. The summed E-state index contributed by atoms with van der Waals surface area (Å²) in [6.45, 7) is 1.87. The van der Waals surface area contributed by atoms with Gasteiger partial charge < -0.3 is 15.4 Å². The van der Waals surface area contributed by atoms with Crippen LogP contribution < -0.4 is 15.4 Å². The van der Waals surface area contributed by atoms with Gasteiger partial charge >= 0.3 is 0 Å². The van der Waals surface area contributed by atoms with Crippen LogP contribution in [-0.4, -0.2) is 49.7 Å². The molecule has 0 bridgehead atoms. The van der Waals surface area contributed by atoms with Gasteiger partial charge in [0.15, 0.2) is 0 Å². The van der Waals surface area contributed by atoms with E-state index in [0.29, 0.717) is 11.4 Å². The Labute approximate surface area is 164 Å². The lowest BCUT2D eigenvalue weighted by Crippen LogP contribution is -2.43. The lowest BCUT2D eigenvalue weighted by atomic mass is 10.2. The molecule has 0 saturated carbocycles. The fourth-order valence-corrected chi connectivity index (χ4v) is 3.00. The number of carbonyl (C=O) groups excluding carboxylic acids is 2. The topological polar surface area (TPSA) is 70.7 Å². The van der Waals surface area contributed by atoms with Crippen LogP contribution in [-0.2, 0) is 9.59 Å². The molecule has 0 saturated heterocycles. The molecule has 0 spiro atoms. The number of carbonyl (C=O) groups is 2. The van der Waals surface area contributed by atoms with Gasteiger partial charge in [-0.1, -0.05) is 18.2 Å². The number of thioether (sulfide) groups is 1. The molecule has 0 aliphatic heterocycles. The van der Waals surface area contributed by atoms with Gasteiger partial charge in [-0.25, -0.2) is 0 Å². The highest BCUT2D eigenvalue weighted by molar-refractivity contribution is 7.98. The van der Waals surface area contributed by atoms with Crippen LogP contribution in [0.1, 0.15) is 6.92 Å². The van der Waals surface area contributed by atoms with Crippen molar-refractivity contribution in [3.63, 3.8) is 0 Å². The van der Waals surface area contributed by atoms with Crippen LogP contribution in [0.2, 0.25) is 0 Å². The van der Waals surface area contributed by atoms with Gasteiger partial charge in [-0.05, 0) is 44.5 Å². The standard InChI is InChI=1S/C20H25N3O3S/c1-14(20(25)21-15-8-7-9-16(12-15)26-3)23(2)13-19(24)22-17-10-5-6-11-18(17)27-4/h5-12,14H,13H2,1-4H3,(H,21,25)(H,22,24)/t14-/m1/s1. The van der Waals surface area contributed by atoms with E-state index in [-0.39, 0.29) is 18.4 Å². The molecule has 7 heteroatoms. The Bertz CT molecular complexity index is 798. The average Bonchev–Trinajstić information content (AvgIpc) is 2.67. The van der Waals surface area contributed by atoms with Crippen LogP contribution in [0.15, 0.2) is 53.4 Å². The normalized spacial score (nSPS) is 11.7. The summed E-state index contributed by atoms with van der Waals surface area (Å²) in [4.78, 5) is 27.5. The molecule has 2 rings (SSSR count). The summed E-state index contributed by atoms with van der Waals surface area (Å²) < 4.78 is 5.16. The number of amides is 2. The second kappa shape index (κ2) is 9.99. The fraction of sp³-hybridized carbons (Fsp3) is 0.300. The smallest absolute Gasteiger partial charge is 0.241 e. The maximum atomic E-state index is 12.5. The second-order valence-corrected chi connectivity index (χ2v) is 6.91. The van der Waals surface area contributed by atoms with Crippen molar-refractivity contribution in [2.75, 3.05) is 37.6 Å². The maximum Gasteiger partial charge on any atom is 0.241 e. The van der Waals surface area contributed by atoms with Crippen molar-refractivity contribution >= 4 is 35.0 Å². The molecule has 2 aromatic carbocycles. The van der Waals surface area contributed by atoms with E-state index in [9.17, 15) is 9.59 Å². The van der Waals surface area contributed by atoms with Crippen LogP contribution >= 0.6 is 11.8 Å². The zero-order valence-electron chi connectivity index (χ0n) is 16.0. The summed E-state index contributed by atoms with van der Waals surface area (Å²) in [5.41, 5.74) is 1.43. The summed E-state index contributed by atoms with van der Waals surface area (Å²) in [7, 11) is 3.32. The summed E-state index contributed by atoms with van der Waals surface area (Å²) in [6, 6.07) is 14.3. The minimum absolute atomic E-state index is 0.107. The van der Waals surface area contributed by atoms with Crippen molar-refractivity contribution in [3.05, 3.63) is 48.5 Å². The van der Waals surface area contributed by atoms with E-state index >= 15 is 0 Å². The van der Waals surface area contributed by atoms with Gasteiger partial charge in [0.2, 0.25) is 11.8 Å². The van der Waals surface area contributed by atoms with E-state index in [1.165, 1.54) is 0 Å². The zero-order valence-corrected chi connectivity index (χ0v) is 16.8.